The van der Waals surface area contributed by atoms with Crippen LogP contribution in [0.25, 0.3) is 11.0 Å². The zero-order valence-electron chi connectivity index (χ0n) is 15.5. The zero-order chi connectivity index (χ0) is 19.6. The lowest BCUT2D eigenvalue weighted by Gasteiger charge is -2.12. The summed E-state index contributed by atoms with van der Waals surface area (Å²) in [6.07, 6.45) is 2.67. The molecule has 142 valence electrons. The molecule has 8 heteroatoms. The van der Waals surface area contributed by atoms with E-state index >= 15 is 0 Å². The van der Waals surface area contributed by atoms with E-state index in [4.69, 9.17) is 11.6 Å². The van der Waals surface area contributed by atoms with Crippen molar-refractivity contribution in [2.24, 2.45) is 14.1 Å². The summed E-state index contributed by atoms with van der Waals surface area (Å²) in [6.45, 7) is 2.10. The van der Waals surface area contributed by atoms with E-state index < -0.39 is 5.69 Å². The van der Waals surface area contributed by atoms with Gasteiger partial charge in [0.05, 0.1) is 0 Å². The number of benzene rings is 1. The van der Waals surface area contributed by atoms with Crippen LogP contribution in [0, 0.1) is 0 Å². The highest BCUT2D eigenvalue weighted by Gasteiger charge is 2.17. The predicted molar refractivity (Wildman–Crippen MR) is 110 cm³/mol. The molecule has 0 radical (unpaired) electrons. The molecule has 0 saturated heterocycles. The lowest BCUT2D eigenvalue weighted by Crippen LogP contribution is -2.37. The molecule has 0 spiro atoms. The van der Waals surface area contributed by atoms with E-state index in [1.54, 1.807) is 7.05 Å². The van der Waals surface area contributed by atoms with Crippen LogP contribution in [0.2, 0.25) is 5.02 Å². The van der Waals surface area contributed by atoms with Gasteiger partial charge >= 0.3 is 5.69 Å². The van der Waals surface area contributed by atoms with Crippen molar-refractivity contribution in [2.75, 3.05) is 0 Å². The summed E-state index contributed by atoms with van der Waals surface area (Å²) in [5, 5.41) is 1.65. The lowest BCUT2D eigenvalue weighted by atomic mass is 10.2. The second kappa shape index (κ2) is 8.27. The first kappa shape index (κ1) is 19.6. The van der Waals surface area contributed by atoms with Crippen LogP contribution in [-0.2, 0) is 26.3 Å². The van der Waals surface area contributed by atoms with Gasteiger partial charge in [0, 0.05) is 31.3 Å². The summed E-state index contributed by atoms with van der Waals surface area (Å²) in [7, 11) is 3.10. The minimum atomic E-state index is -0.390. The highest BCUT2D eigenvalue weighted by molar-refractivity contribution is 7.98. The molecule has 0 aliphatic rings. The molecule has 1 aromatic carbocycles. The Hall–Kier alpha value is -2.12. The molecule has 0 aliphatic carbocycles. The van der Waals surface area contributed by atoms with Crippen molar-refractivity contribution < 1.29 is 0 Å². The summed E-state index contributed by atoms with van der Waals surface area (Å²) in [6, 6.07) is 7.59. The molecule has 0 atom stereocenters. The number of hydrogen-bond donors (Lipinski definition) is 0. The first-order valence-electron chi connectivity index (χ1n) is 8.76. The normalized spacial score (nSPS) is 11.3. The lowest BCUT2D eigenvalue weighted by molar-refractivity contribution is 0.690. The molecule has 0 amide bonds. The molecule has 3 rings (SSSR count). The fourth-order valence-electron chi connectivity index (χ4n) is 2.80. The molecular weight excluding hydrogens is 384 g/mol. The van der Waals surface area contributed by atoms with Crippen LogP contribution in [0.4, 0.5) is 0 Å². The molecule has 2 heterocycles. The maximum Gasteiger partial charge on any atom is 0.332 e. The van der Waals surface area contributed by atoms with Crippen LogP contribution in [0.5, 0.6) is 0 Å². The van der Waals surface area contributed by atoms with Crippen LogP contribution in [0.1, 0.15) is 31.2 Å². The van der Waals surface area contributed by atoms with E-state index in [1.807, 2.05) is 24.3 Å². The first-order valence-corrected chi connectivity index (χ1v) is 10.1. The summed E-state index contributed by atoms with van der Waals surface area (Å²) >= 11 is 7.52. The number of nitrogens with zero attached hydrogens (tertiary/aromatic N) is 4. The Morgan fingerprint density at radius 2 is 1.93 bits per heavy atom. The Morgan fingerprint density at radius 1 is 1.15 bits per heavy atom. The van der Waals surface area contributed by atoms with E-state index in [9.17, 15) is 9.59 Å². The quantitative estimate of drug-likeness (QED) is 0.465. The topological polar surface area (TPSA) is 69.8 Å². The van der Waals surface area contributed by atoms with E-state index in [0.29, 0.717) is 39.1 Å². The second-order valence-electron chi connectivity index (χ2n) is 6.37. The highest BCUT2D eigenvalue weighted by atomic mass is 35.5. The number of hydrogen-bond acceptors (Lipinski definition) is 5. The van der Waals surface area contributed by atoms with Gasteiger partial charge in [0.2, 0.25) is 0 Å². The van der Waals surface area contributed by atoms with Crippen LogP contribution < -0.4 is 11.2 Å². The maximum atomic E-state index is 12.7. The summed E-state index contributed by atoms with van der Waals surface area (Å²) < 4.78 is 2.51. The van der Waals surface area contributed by atoms with Crippen LogP contribution in [0.15, 0.2) is 38.9 Å². The number of unbranched alkanes of at least 4 members (excludes halogenated alkanes) is 1. The summed E-state index contributed by atoms with van der Waals surface area (Å²) in [4.78, 5) is 34.2. The Labute approximate surface area is 166 Å². The molecule has 0 unspecified atom stereocenters. The third-order valence-corrected chi connectivity index (χ3v) is 5.61. The fourth-order valence-corrected chi connectivity index (χ4v) is 3.99. The molecule has 0 N–H and O–H groups in total. The van der Waals surface area contributed by atoms with Gasteiger partial charge in [-0.15, -0.1) is 11.8 Å². The van der Waals surface area contributed by atoms with Gasteiger partial charge in [-0.1, -0.05) is 37.1 Å². The molecule has 2 aromatic heterocycles. The Balaban J connectivity index is 2.13. The van der Waals surface area contributed by atoms with Gasteiger partial charge in [-0.3, -0.25) is 13.9 Å². The van der Waals surface area contributed by atoms with Crippen molar-refractivity contribution in [3.63, 3.8) is 0 Å². The average molecular weight is 405 g/mol. The van der Waals surface area contributed by atoms with Gasteiger partial charge in [0.1, 0.15) is 16.2 Å². The first-order chi connectivity index (χ1) is 12.9. The maximum absolute atomic E-state index is 12.7. The van der Waals surface area contributed by atoms with E-state index in [2.05, 4.69) is 16.9 Å². The van der Waals surface area contributed by atoms with Crippen molar-refractivity contribution in [1.82, 2.24) is 19.1 Å². The van der Waals surface area contributed by atoms with Crippen molar-refractivity contribution in [2.45, 2.75) is 37.0 Å². The van der Waals surface area contributed by atoms with Crippen molar-refractivity contribution >= 4 is 34.4 Å². The molecule has 3 aromatic rings. The molecule has 27 heavy (non-hydrogen) atoms. The van der Waals surface area contributed by atoms with E-state index in [-0.39, 0.29) is 5.56 Å². The number of aryl methyl sites for hydroxylation is 2. The SMILES string of the molecule is CCCCc1nc(SCc2cccc(Cl)c2)c2c(=O)n(C)c(=O)n(C)c2n1. The van der Waals surface area contributed by atoms with Gasteiger partial charge < -0.3 is 0 Å². The molecule has 0 aliphatic heterocycles. The Bertz CT molecular complexity index is 1110. The third-order valence-electron chi connectivity index (χ3n) is 4.33. The van der Waals surface area contributed by atoms with Gasteiger partial charge in [-0.05, 0) is 24.1 Å². The smallest absolute Gasteiger partial charge is 0.280 e. The second-order valence-corrected chi connectivity index (χ2v) is 7.77. The Kier molecular flexibility index (Phi) is 6.01. The zero-order valence-corrected chi connectivity index (χ0v) is 17.1. The number of rotatable bonds is 6. The fraction of sp³-hybridized carbons (Fsp3) is 0.368. The number of fused-ring (bicyclic) bond motifs is 1. The average Bonchev–Trinajstić information content (AvgIpc) is 2.67. The minimum absolute atomic E-state index is 0.372. The summed E-state index contributed by atoms with van der Waals surface area (Å²) in [5.41, 5.74) is 0.663. The van der Waals surface area contributed by atoms with Gasteiger partial charge in [-0.2, -0.15) is 0 Å². The van der Waals surface area contributed by atoms with Gasteiger partial charge in [0.25, 0.3) is 5.56 Å². The third kappa shape index (κ3) is 4.09. The van der Waals surface area contributed by atoms with Crippen LogP contribution in [-0.4, -0.2) is 19.1 Å². The van der Waals surface area contributed by atoms with Crippen molar-refractivity contribution in [3.8, 4) is 0 Å². The van der Waals surface area contributed by atoms with Gasteiger partial charge in [-0.25, -0.2) is 14.8 Å². The molecule has 6 nitrogen and oxygen atoms in total. The van der Waals surface area contributed by atoms with Crippen LogP contribution in [0.3, 0.4) is 0 Å². The molecule has 0 fully saturated rings. The predicted octanol–water partition coefficient (Wildman–Crippen LogP) is 3.32. The van der Waals surface area contributed by atoms with Gasteiger partial charge in [0.15, 0.2) is 5.65 Å². The number of halogens is 1. The number of thioether (sulfide) groups is 1. The molecule has 0 bridgehead atoms. The minimum Gasteiger partial charge on any atom is -0.280 e. The van der Waals surface area contributed by atoms with Crippen LogP contribution >= 0.6 is 23.4 Å². The van der Waals surface area contributed by atoms with E-state index in [1.165, 1.54) is 23.4 Å². The standard InChI is InChI=1S/C19H21ClN4O2S/c1-4-5-9-14-21-16-15(18(25)24(3)19(26)23(16)2)17(22-14)27-11-12-7-6-8-13(20)10-12/h6-8,10H,4-5,9,11H2,1-3H3. The highest BCUT2D eigenvalue weighted by Crippen LogP contribution is 2.27. The monoisotopic (exact) mass is 404 g/mol. The largest absolute Gasteiger partial charge is 0.332 e. The van der Waals surface area contributed by atoms with E-state index in [0.717, 1.165) is 23.0 Å². The van der Waals surface area contributed by atoms with Crippen molar-refractivity contribution in [3.05, 3.63) is 61.5 Å². The summed E-state index contributed by atoms with van der Waals surface area (Å²) in [5.74, 6) is 1.27. The Morgan fingerprint density at radius 3 is 2.63 bits per heavy atom. The molecular formula is C19H21ClN4O2S. The van der Waals surface area contributed by atoms with Crippen molar-refractivity contribution in [1.29, 1.82) is 0 Å². The number of aromatic nitrogens is 4. The molecule has 0 saturated carbocycles.